The Morgan fingerprint density at radius 2 is 1.83 bits per heavy atom. The van der Waals surface area contributed by atoms with Gasteiger partial charge in [-0.2, -0.15) is 0 Å². The molecular weight excluding hydrogens is 796 g/mol. The van der Waals surface area contributed by atoms with Gasteiger partial charge in [0, 0.05) is 59.2 Å². The molecule has 9 atom stereocenters. The van der Waals surface area contributed by atoms with Gasteiger partial charge in [0.15, 0.2) is 5.72 Å². The number of allylic oxidation sites excluding steroid dienone is 3. The van der Waals surface area contributed by atoms with Gasteiger partial charge in [-0.25, -0.2) is 9.59 Å². The topological polar surface area (TPSA) is 194 Å². The molecule has 58 heavy (non-hydrogen) atoms. The smallest absolute Gasteiger partial charge is 0.409 e. The molecule has 0 saturated carbocycles. The van der Waals surface area contributed by atoms with E-state index in [1.165, 1.54) is 56.8 Å². The van der Waals surface area contributed by atoms with Gasteiger partial charge in [-0.1, -0.05) is 42.3 Å². The minimum Gasteiger partial charge on any atom is -0.495 e. The number of thioether (sulfide) groups is 1. The number of rotatable bonds is 9. The lowest BCUT2D eigenvalue weighted by Gasteiger charge is -2.42. The van der Waals surface area contributed by atoms with Crippen molar-refractivity contribution in [2.45, 2.75) is 107 Å². The fraction of sp³-hybridized carbons (Fsp3) is 0.600. The Balaban J connectivity index is 1.43. The molecule has 4 heterocycles. The van der Waals surface area contributed by atoms with Crippen LogP contribution in [0, 0.1) is 5.92 Å². The second kappa shape index (κ2) is 18.0. The van der Waals surface area contributed by atoms with Gasteiger partial charge in [-0.15, -0.1) is 11.8 Å². The van der Waals surface area contributed by atoms with Crippen LogP contribution < -0.4 is 15.0 Å². The number of methoxy groups -OCH3 is 2. The molecule has 1 aromatic carbocycles. The molecule has 16 nitrogen and oxygen atoms in total. The molecule has 0 radical (unpaired) electrons. The van der Waals surface area contributed by atoms with Crippen LogP contribution in [0.1, 0.15) is 58.9 Å². The standard InChI is InChI=1S/C40H53ClN4O12S/c1-21-11-10-12-29(54-9)40(52)20-27(55-38(51)42-40)22(2)35-39(4,57-35)30(19-33(48)44(6)25-16-24(15-21)17-26(53-8)34(25)41)56-37(50)23(3)43(5)31(46)13-14-58-28-18-32(47)45(7)36(28)49/h10-12,16-17,22-23,27-30,35,52H,13-15,18-20H2,1-9H3,(H,42,51)/b12-10+,21-11+/t22-,23+,27+,28?,29-,30+,35+,39+,40+/m1/s1. The molecule has 1 unspecified atom stereocenters. The molecule has 4 aliphatic rings. The highest BCUT2D eigenvalue weighted by molar-refractivity contribution is 8.00. The molecule has 5 rings (SSSR count). The van der Waals surface area contributed by atoms with E-state index in [9.17, 15) is 33.9 Å². The third-order valence-electron chi connectivity index (χ3n) is 11.5. The number of carbonyl (C=O) groups is 6. The molecular formula is C40H53ClN4O12S. The number of ether oxygens (including phenoxy) is 5. The molecule has 0 spiro atoms. The zero-order chi connectivity index (χ0) is 42.9. The number of anilines is 1. The van der Waals surface area contributed by atoms with Crippen molar-refractivity contribution in [2.24, 2.45) is 5.92 Å². The van der Waals surface area contributed by atoms with Crippen LogP contribution in [0.3, 0.4) is 0 Å². The van der Waals surface area contributed by atoms with Crippen LogP contribution in [0.2, 0.25) is 5.02 Å². The first-order valence-corrected chi connectivity index (χ1v) is 20.4. The van der Waals surface area contributed by atoms with Gasteiger partial charge in [-0.05, 0) is 44.9 Å². The Kier molecular flexibility index (Phi) is 13.9. The van der Waals surface area contributed by atoms with Gasteiger partial charge in [0.05, 0.1) is 30.6 Å². The van der Waals surface area contributed by atoms with Crippen LogP contribution >= 0.6 is 23.4 Å². The number of esters is 1. The summed E-state index contributed by atoms with van der Waals surface area (Å²) in [5.74, 6) is -2.22. The Hall–Kier alpha value is -4.16. The number of likely N-dealkylation sites (N-methyl/N-ethyl adjacent to an activating group) is 1. The number of halogens is 1. The third kappa shape index (κ3) is 9.49. The van der Waals surface area contributed by atoms with E-state index in [-0.39, 0.29) is 48.3 Å². The van der Waals surface area contributed by atoms with Gasteiger partial charge in [-0.3, -0.25) is 29.4 Å². The van der Waals surface area contributed by atoms with Gasteiger partial charge >= 0.3 is 12.1 Å². The molecule has 5 amide bonds. The first-order valence-electron chi connectivity index (χ1n) is 19.0. The molecule has 0 aromatic heterocycles. The van der Waals surface area contributed by atoms with Crippen LogP contribution in [0.4, 0.5) is 10.5 Å². The van der Waals surface area contributed by atoms with Gasteiger partial charge in [0.2, 0.25) is 23.6 Å². The van der Waals surface area contributed by atoms with Crippen molar-refractivity contribution in [1.82, 2.24) is 15.1 Å². The summed E-state index contributed by atoms with van der Waals surface area (Å²) in [7, 11) is 7.32. The minimum absolute atomic E-state index is 0.00672. The van der Waals surface area contributed by atoms with E-state index < -0.39 is 76.8 Å². The summed E-state index contributed by atoms with van der Waals surface area (Å²) in [4.78, 5) is 82.0. The molecule has 2 N–H and O–H groups in total. The molecule has 18 heteroatoms. The lowest BCUT2D eigenvalue weighted by atomic mass is 9.83. The second-order valence-corrected chi connectivity index (χ2v) is 17.2. The van der Waals surface area contributed by atoms with Crippen LogP contribution in [0.5, 0.6) is 5.75 Å². The molecule has 1 aromatic rings. The maximum atomic E-state index is 14.2. The summed E-state index contributed by atoms with van der Waals surface area (Å²) in [6.45, 7) is 6.87. The van der Waals surface area contributed by atoms with Crippen molar-refractivity contribution < 1.29 is 57.6 Å². The number of aliphatic hydroxyl groups is 1. The number of alkyl carbamates (subject to hydrolysis) is 1. The van der Waals surface area contributed by atoms with Crippen molar-refractivity contribution in [1.29, 1.82) is 0 Å². The Morgan fingerprint density at radius 3 is 2.47 bits per heavy atom. The van der Waals surface area contributed by atoms with E-state index in [4.69, 9.17) is 35.3 Å². The first kappa shape index (κ1) is 44.9. The summed E-state index contributed by atoms with van der Waals surface area (Å²) in [6.07, 6.45) is 0.641. The summed E-state index contributed by atoms with van der Waals surface area (Å²) < 4.78 is 29.2. The molecule has 3 fully saturated rings. The van der Waals surface area contributed by atoms with E-state index in [0.717, 1.165) is 16.0 Å². The summed E-state index contributed by atoms with van der Waals surface area (Å²) >= 11 is 7.98. The van der Waals surface area contributed by atoms with Crippen LogP contribution in [0.25, 0.3) is 0 Å². The summed E-state index contributed by atoms with van der Waals surface area (Å²) in [5, 5.41) is 13.9. The number of carbonyl (C=O) groups excluding carboxylic acids is 6. The highest BCUT2D eigenvalue weighted by Gasteiger charge is 2.64. The van der Waals surface area contributed by atoms with Gasteiger partial charge in [0.1, 0.15) is 40.7 Å². The van der Waals surface area contributed by atoms with E-state index >= 15 is 0 Å². The van der Waals surface area contributed by atoms with Crippen molar-refractivity contribution in [3.8, 4) is 5.75 Å². The molecule has 4 bridgehead atoms. The van der Waals surface area contributed by atoms with Crippen molar-refractivity contribution in [2.75, 3.05) is 46.0 Å². The average Bonchev–Trinajstić information content (AvgIpc) is 3.81. The van der Waals surface area contributed by atoms with E-state index in [1.54, 1.807) is 45.2 Å². The van der Waals surface area contributed by atoms with Gasteiger partial charge < -0.3 is 38.6 Å². The van der Waals surface area contributed by atoms with Crippen molar-refractivity contribution in [3.05, 3.63) is 46.5 Å². The summed E-state index contributed by atoms with van der Waals surface area (Å²) in [6, 6.07) is 2.45. The van der Waals surface area contributed by atoms with Crippen LogP contribution in [0.15, 0.2) is 35.9 Å². The second-order valence-electron chi connectivity index (χ2n) is 15.5. The third-order valence-corrected chi connectivity index (χ3v) is 13.1. The number of benzene rings is 1. The number of likely N-dealkylation sites (tertiary alicyclic amines) is 1. The van der Waals surface area contributed by atoms with E-state index in [0.29, 0.717) is 17.9 Å². The average molecular weight is 849 g/mol. The molecule has 3 saturated heterocycles. The monoisotopic (exact) mass is 848 g/mol. The molecule has 318 valence electrons. The maximum absolute atomic E-state index is 14.2. The normalized spacial score (nSPS) is 32.3. The Labute approximate surface area is 347 Å². The van der Waals surface area contributed by atoms with Crippen molar-refractivity contribution >= 4 is 64.7 Å². The van der Waals surface area contributed by atoms with Crippen LogP contribution in [-0.4, -0.2) is 139 Å². The number of hydrogen-bond acceptors (Lipinski definition) is 13. The zero-order valence-corrected chi connectivity index (χ0v) is 35.8. The Morgan fingerprint density at radius 1 is 1.14 bits per heavy atom. The molecule has 4 aliphatic heterocycles. The number of epoxide rings is 1. The Bertz CT molecular complexity index is 1880. The SMILES string of the molecule is COc1cc2cc(c1Cl)N(C)C(=O)C[C@H](OC(=O)[C@H](C)N(C)C(=O)CCSC1CC(=O)N(C)C1=O)[C@]1(C)O[C@H]1[C@H](C)[C@@H]1C[C@@](O)(NC(=O)O1)[C@H](OC)/C=C/C=C(\C)C2. The number of fused-ring (bicyclic) bond motifs is 5. The van der Waals surface area contributed by atoms with Gasteiger partial charge in [0.25, 0.3) is 0 Å². The van der Waals surface area contributed by atoms with E-state index in [1.807, 2.05) is 13.0 Å². The lowest BCUT2D eigenvalue weighted by Crippen LogP contribution is -2.63. The van der Waals surface area contributed by atoms with E-state index in [2.05, 4.69) is 5.32 Å². The molecule has 0 aliphatic carbocycles. The quantitative estimate of drug-likeness (QED) is 0.209. The number of nitrogens with zero attached hydrogens (tertiary/aromatic N) is 3. The fourth-order valence-corrected chi connectivity index (χ4v) is 8.99. The number of nitrogens with one attached hydrogen (secondary N) is 1. The lowest BCUT2D eigenvalue weighted by molar-refractivity contribution is -0.162. The first-order chi connectivity index (χ1) is 27.2. The number of hydrogen-bond donors (Lipinski definition) is 2. The van der Waals surface area contributed by atoms with Crippen molar-refractivity contribution in [3.63, 3.8) is 0 Å². The highest BCUT2D eigenvalue weighted by atomic mass is 35.5. The zero-order valence-electron chi connectivity index (χ0n) is 34.2. The predicted molar refractivity (Wildman–Crippen MR) is 214 cm³/mol. The predicted octanol–water partition coefficient (Wildman–Crippen LogP) is 3.40. The maximum Gasteiger partial charge on any atom is 0.409 e. The fourth-order valence-electron chi connectivity index (χ4n) is 7.53. The summed E-state index contributed by atoms with van der Waals surface area (Å²) in [5.41, 5.74) is -1.08. The minimum atomic E-state index is -1.86. The highest BCUT2D eigenvalue weighted by Crippen LogP contribution is 2.49. The number of amides is 5. The van der Waals surface area contributed by atoms with Crippen LogP contribution in [-0.2, 0) is 49.3 Å². The number of imide groups is 1. The largest absolute Gasteiger partial charge is 0.495 e.